The van der Waals surface area contributed by atoms with Gasteiger partial charge >= 0.3 is 5.97 Å². The molecule has 0 spiro atoms. The third-order valence-corrected chi connectivity index (χ3v) is 2.78. The Balaban J connectivity index is 2.19. The van der Waals surface area contributed by atoms with Crippen LogP contribution in [0.2, 0.25) is 0 Å². The normalized spacial score (nSPS) is 41.0. The monoisotopic (exact) mass is 202 g/mol. The van der Waals surface area contributed by atoms with Crippen molar-refractivity contribution in [2.75, 3.05) is 20.8 Å². The maximum atomic E-state index is 11.5. The Labute approximate surface area is 82.3 Å². The molecule has 2 heterocycles. The van der Waals surface area contributed by atoms with Crippen LogP contribution in [0.25, 0.3) is 0 Å². The lowest BCUT2D eigenvalue weighted by atomic mass is 9.96. The standard InChI is InChI=1S/C9H14O5/c1-11-8(10)7-4-3-6-5-13-9(7,12-2)14-6/h6-7H,3-5H2,1-2H3. The van der Waals surface area contributed by atoms with E-state index < -0.39 is 11.9 Å². The molecule has 2 saturated heterocycles. The zero-order valence-electron chi connectivity index (χ0n) is 8.32. The molecule has 2 fully saturated rings. The van der Waals surface area contributed by atoms with Gasteiger partial charge in [0.2, 0.25) is 0 Å². The summed E-state index contributed by atoms with van der Waals surface area (Å²) < 4.78 is 20.8. The van der Waals surface area contributed by atoms with E-state index in [9.17, 15) is 4.79 Å². The maximum absolute atomic E-state index is 11.5. The number of hydrogen-bond acceptors (Lipinski definition) is 5. The Kier molecular flexibility index (Phi) is 2.47. The highest BCUT2D eigenvalue weighted by Gasteiger charge is 2.56. The molecule has 80 valence electrons. The molecule has 2 bridgehead atoms. The lowest BCUT2D eigenvalue weighted by molar-refractivity contribution is -0.360. The first-order valence-corrected chi connectivity index (χ1v) is 4.66. The third kappa shape index (κ3) is 1.32. The summed E-state index contributed by atoms with van der Waals surface area (Å²) in [5, 5.41) is 0. The highest BCUT2D eigenvalue weighted by molar-refractivity contribution is 5.73. The topological polar surface area (TPSA) is 54.0 Å². The Morgan fingerprint density at radius 2 is 2.21 bits per heavy atom. The van der Waals surface area contributed by atoms with Crippen molar-refractivity contribution in [3.05, 3.63) is 0 Å². The van der Waals surface area contributed by atoms with Crippen molar-refractivity contribution in [1.82, 2.24) is 0 Å². The number of carbonyl (C=O) groups is 1. The third-order valence-electron chi connectivity index (χ3n) is 2.78. The van der Waals surface area contributed by atoms with Gasteiger partial charge < -0.3 is 18.9 Å². The van der Waals surface area contributed by atoms with E-state index in [-0.39, 0.29) is 12.1 Å². The summed E-state index contributed by atoms with van der Waals surface area (Å²) in [6, 6.07) is 0. The summed E-state index contributed by atoms with van der Waals surface area (Å²) in [7, 11) is 2.83. The molecule has 0 radical (unpaired) electrons. The molecule has 2 aliphatic rings. The van der Waals surface area contributed by atoms with Gasteiger partial charge in [-0.3, -0.25) is 4.79 Å². The van der Waals surface area contributed by atoms with Gasteiger partial charge in [0.05, 0.1) is 19.8 Å². The average molecular weight is 202 g/mol. The van der Waals surface area contributed by atoms with Gasteiger partial charge in [0, 0.05) is 7.11 Å². The van der Waals surface area contributed by atoms with E-state index in [4.69, 9.17) is 14.2 Å². The Hall–Kier alpha value is -0.650. The van der Waals surface area contributed by atoms with Crippen molar-refractivity contribution >= 4 is 5.97 Å². The molecule has 0 saturated carbocycles. The summed E-state index contributed by atoms with van der Waals surface area (Å²) in [4.78, 5) is 11.5. The molecule has 0 aromatic carbocycles. The van der Waals surface area contributed by atoms with Crippen LogP contribution in [0.4, 0.5) is 0 Å². The molecule has 0 aromatic heterocycles. The number of methoxy groups -OCH3 is 2. The fraction of sp³-hybridized carbons (Fsp3) is 0.889. The van der Waals surface area contributed by atoms with Gasteiger partial charge in [-0.05, 0) is 12.8 Å². The summed E-state index contributed by atoms with van der Waals surface area (Å²) in [6.07, 6.45) is 1.55. The second-order valence-electron chi connectivity index (χ2n) is 3.51. The molecule has 0 amide bonds. The lowest BCUT2D eigenvalue weighted by Gasteiger charge is -2.35. The van der Waals surface area contributed by atoms with Crippen LogP contribution in [0.5, 0.6) is 0 Å². The number of carbonyl (C=O) groups excluding carboxylic acids is 1. The Morgan fingerprint density at radius 3 is 2.86 bits per heavy atom. The molecule has 2 aliphatic heterocycles. The largest absolute Gasteiger partial charge is 0.469 e. The van der Waals surface area contributed by atoms with Gasteiger partial charge in [-0.1, -0.05) is 0 Å². The van der Waals surface area contributed by atoms with Gasteiger partial charge in [-0.25, -0.2) is 0 Å². The quantitative estimate of drug-likeness (QED) is 0.602. The molecule has 0 N–H and O–H groups in total. The minimum atomic E-state index is -1.20. The highest BCUT2D eigenvalue weighted by Crippen LogP contribution is 2.41. The number of esters is 1. The molecular weight excluding hydrogens is 188 g/mol. The number of ether oxygens (including phenoxy) is 4. The van der Waals surface area contributed by atoms with Crippen molar-refractivity contribution in [1.29, 1.82) is 0 Å². The van der Waals surface area contributed by atoms with Crippen molar-refractivity contribution in [3.8, 4) is 0 Å². The second-order valence-corrected chi connectivity index (χ2v) is 3.51. The van der Waals surface area contributed by atoms with Crippen molar-refractivity contribution in [3.63, 3.8) is 0 Å². The summed E-state index contributed by atoms with van der Waals surface area (Å²) in [5.74, 6) is -2.01. The number of rotatable bonds is 2. The van der Waals surface area contributed by atoms with Crippen LogP contribution >= 0.6 is 0 Å². The first-order chi connectivity index (χ1) is 6.72. The molecule has 3 unspecified atom stereocenters. The van der Waals surface area contributed by atoms with Crippen LogP contribution in [-0.2, 0) is 23.7 Å². The second kappa shape index (κ2) is 3.49. The molecule has 5 heteroatoms. The molecule has 5 nitrogen and oxygen atoms in total. The number of fused-ring (bicyclic) bond motifs is 2. The van der Waals surface area contributed by atoms with E-state index in [1.165, 1.54) is 14.2 Å². The van der Waals surface area contributed by atoms with Crippen LogP contribution < -0.4 is 0 Å². The smallest absolute Gasteiger partial charge is 0.316 e. The van der Waals surface area contributed by atoms with Crippen molar-refractivity contribution < 1.29 is 23.7 Å². The van der Waals surface area contributed by atoms with E-state index in [0.717, 1.165) is 6.42 Å². The highest BCUT2D eigenvalue weighted by atomic mass is 16.9. The predicted molar refractivity (Wildman–Crippen MR) is 45.3 cm³/mol. The molecule has 0 aromatic rings. The molecular formula is C9H14O5. The van der Waals surface area contributed by atoms with Crippen LogP contribution in [0.3, 0.4) is 0 Å². The van der Waals surface area contributed by atoms with Crippen LogP contribution in [0.1, 0.15) is 12.8 Å². The Morgan fingerprint density at radius 1 is 1.43 bits per heavy atom. The van der Waals surface area contributed by atoms with Crippen LogP contribution in [0.15, 0.2) is 0 Å². The first-order valence-electron chi connectivity index (χ1n) is 4.66. The molecule has 14 heavy (non-hydrogen) atoms. The fourth-order valence-corrected chi connectivity index (χ4v) is 2.02. The van der Waals surface area contributed by atoms with Crippen LogP contribution in [-0.4, -0.2) is 38.9 Å². The van der Waals surface area contributed by atoms with Gasteiger partial charge in [0.1, 0.15) is 5.92 Å². The van der Waals surface area contributed by atoms with Gasteiger partial charge in [-0.15, -0.1) is 0 Å². The Bertz CT molecular complexity index is 241. The molecule has 0 aliphatic carbocycles. The number of hydrogen-bond donors (Lipinski definition) is 0. The van der Waals surface area contributed by atoms with E-state index in [2.05, 4.69) is 4.74 Å². The molecule has 3 atom stereocenters. The SMILES string of the molecule is COC(=O)C1CCC2COC1(OC)O2. The fourth-order valence-electron chi connectivity index (χ4n) is 2.02. The molecule has 2 rings (SSSR count). The summed E-state index contributed by atoms with van der Waals surface area (Å²) in [5.41, 5.74) is 0. The van der Waals surface area contributed by atoms with Crippen molar-refractivity contribution in [2.45, 2.75) is 24.9 Å². The zero-order valence-corrected chi connectivity index (χ0v) is 8.32. The predicted octanol–water partition coefficient (Wildman–Crippen LogP) is 0.285. The average Bonchev–Trinajstić information content (AvgIpc) is 2.56. The summed E-state index contributed by atoms with van der Waals surface area (Å²) in [6.45, 7) is 0.487. The zero-order chi connectivity index (χ0) is 10.2. The lowest BCUT2D eigenvalue weighted by Crippen LogP contribution is -2.48. The van der Waals surface area contributed by atoms with Gasteiger partial charge in [0.25, 0.3) is 5.97 Å². The van der Waals surface area contributed by atoms with Crippen molar-refractivity contribution in [2.24, 2.45) is 5.92 Å². The van der Waals surface area contributed by atoms with Gasteiger partial charge in [-0.2, -0.15) is 0 Å². The minimum Gasteiger partial charge on any atom is -0.469 e. The van der Waals surface area contributed by atoms with Gasteiger partial charge in [0.15, 0.2) is 0 Å². The van der Waals surface area contributed by atoms with E-state index in [1.54, 1.807) is 0 Å². The maximum Gasteiger partial charge on any atom is 0.316 e. The minimum absolute atomic E-state index is 0.0517. The van der Waals surface area contributed by atoms with E-state index in [1.807, 2.05) is 0 Å². The van der Waals surface area contributed by atoms with E-state index >= 15 is 0 Å². The summed E-state index contributed by atoms with van der Waals surface area (Å²) >= 11 is 0. The van der Waals surface area contributed by atoms with E-state index in [0.29, 0.717) is 13.0 Å². The van der Waals surface area contributed by atoms with Crippen LogP contribution in [0, 0.1) is 5.92 Å². The first kappa shape index (κ1) is 9.89.